The maximum Gasteiger partial charge on any atom is 0.417 e. The summed E-state index contributed by atoms with van der Waals surface area (Å²) in [5, 5.41) is 6.11. The molecular formula is C19H23F4IN4O2. The Hall–Kier alpha value is -2.31. The third kappa shape index (κ3) is 7.50. The zero-order valence-corrected chi connectivity index (χ0v) is 18.9. The van der Waals surface area contributed by atoms with E-state index in [0.717, 1.165) is 18.3 Å². The fourth-order valence-corrected chi connectivity index (χ4v) is 2.39. The van der Waals surface area contributed by atoms with Crippen molar-refractivity contribution in [2.75, 3.05) is 27.3 Å². The standard InChI is InChI=1S/C19H22F4N4O2.HI/c1-12(13-4-6-16(28-3)15(20)10-13)27-18(24-2)25-8-9-29-17-7-5-14(11-26-17)19(21,22)23;/h4-7,10-12H,8-9H2,1-3H3,(H2,24,25,27);1H. The summed E-state index contributed by atoms with van der Waals surface area (Å²) in [4.78, 5) is 7.70. The molecule has 0 saturated heterocycles. The van der Waals surface area contributed by atoms with Crippen molar-refractivity contribution in [3.05, 3.63) is 53.5 Å². The molecule has 0 amide bonds. The summed E-state index contributed by atoms with van der Waals surface area (Å²) in [5.74, 6) is 0.249. The van der Waals surface area contributed by atoms with Crippen molar-refractivity contribution >= 4 is 29.9 Å². The van der Waals surface area contributed by atoms with Crippen LogP contribution in [0.4, 0.5) is 17.6 Å². The lowest BCUT2D eigenvalue weighted by Gasteiger charge is -2.19. The number of alkyl halides is 3. The minimum absolute atomic E-state index is 0. The number of nitrogens with one attached hydrogen (secondary N) is 2. The number of benzene rings is 1. The van der Waals surface area contributed by atoms with E-state index in [2.05, 4.69) is 20.6 Å². The Balaban J connectivity index is 0.00000450. The summed E-state index contributed by atoms with van der Waals surface area (Å²) in [6, 6.07) is 6.50. The molecule has 1 atom stereocenters. The molecule has 6 nitrogen and oxygen atoms in total. The highest BCUT2D eigenvalue weighted by atomic mass is 127. The highest BCUT2D eigenvalue weighted by Gasteiger charge is 2.30. The number of ether oxygens (including phenoxy) is 2. The van der Waals surface area contributed by atoms with Gasteiger partial charge in [0.2, 0.25) is 5.88 Å². The Morgan fingerprint density at radius 1 is 1.23 bits per heavy atom. The predicted octanol–water partition coefficient (Wildman–Crippen LogP) is 4.17. The Bertz CT molecular complexity index is 832. The van der Waals surface area contributed by atoms with E-state index in [1.165, 1.54) is 13.2 Å². The van der Waals surface area contributed by atoms with E-state index in [9.17, 15) is 17.6 Å². The fraction of sp³-hybridized carbons (Fsp3) is 0.368. The normalized spacial score (nSPS) is 12.6. The van der Waals surface area contributed by atoms with Crippen LogP contribution in [-0.4, -0.2) is 38.3 Å². The first-order valence-corrected chi connectivity index (χ1v) is 8.71. The van der Waals surface area contributed by atoms with E-state index in [1.807, 2.05) is 6.92 Å². The number of aliphatic imine (C=N–C) groups is 1. The molecule has 0 fully saturated rings. The van der Waals surface area contributed by atoms with Crippen LogP contribution in [0, 0.1) is 5.82 Å². The summed E-state index contributed by atoms with van der Waals surface area (Å²) in [5.41, 5.74) is -0.131. The lowest BCUT2D eigenvalue weighted by molar-refractivity contribution is -0.137. The molecule has 0 aliphatic rings. The first-order chi connectivity index (χ1) is 13.7. The average molecular weight is 542 g/mol. The molecule has 30 heavy (non-hydrogen) atoms. The van der Waals surface area contributed by atoms with Crippen LogP contribution < -0.4 is 20.1 Å². The number of guanidine groups is 1. The molecule has 2 rings (SSSR count). The van der Waals surface area contributed by atoms with Crippen molar-refractivity contribution in [3.63, 3.8) is 0 Å². The van der Waals surface area contributed by atoms with E-state index >= 15 is 0 Å². The van der Waals surface area contributed by atoms with Crippen molar-refractivity contribution in [1.29, 1.82) is 0 Å². The monoisotopic (exact) mass is 542 g/mol. The minimum Gasteiger partial charge on any atom is -0.494 e. The molecule has 0 spiro atoms. The highest BCUT2D eigenvalue weighted by Crippen LogP contribution is 2.29. The molecule has 1 unspecified atom stereocenters. The molecule has 1 aromatic carbocycles. The fourth-order valence-electron chi connectivity index (χ4n) is 2.39. The van der Waals surface area contributed by atoms with Gasteiger partial charge < -0.3 is 20.1 Å². The molecule has 0 aliphatic heterocycles. The molecule has 0 radical (unpaired) electrons. The second kappa shape index (κ2) is 11.8. The largest absolute Gasteiger partial charge is 0.494 e. The maximum absolute atomic E-state index is 13.8. The van der Waals surface area contributed by atoms with Gasteiger partial charge in [-0.3, -0.25) is 4.99 Å². The first kappa shape index (κ1) is 25.7. The molecule has 0 saturated carbocycles. The zero-order valence-electron chi connectivity index (χ0n) is 16.6. The number of aromatic nitrogens is 1. The van der Waals surface area contributed by atoms with E-state index in [1.54, 1.807) is 19.2 Å². The summed E-state index contributed by atoms with van der Waals surface area (Å²) < 4.78 is 61.6. The highest BCUT2D eigenvalue weighted by molar-refractivity contribution is 14.0. The second-order valence-electron chi connectivity index (χ2n) is 5.99. The smallest absolute Gasteiger partial charge is 0.417 e. The van der Waals surface area contributed by atoms with Crippen LogP contribution in [0.15, 0.2) is 41.5 Å². The van der Waals surface area contributed by atoms with Gasteiger partial charge in [0.15, 0.2) is 17.5 Å². The lowest BCUT2D eigenvalue weighted by atomic mass is 10.1. The second-order valence-corrected chi connectivity index (χ2v) is 5.99. The molecular weight excluding hydrogens is 519 g/mol. The number of halogens is 5. The van der Waals surface area contributed by atoms with Crippen LogP contribution >= 0.6 is 24.0 Å². The molecule has 166 valence electrons. The lowest BCUT2D eigenvalue weighted by Crippen LogP contribution is -2.40. The molecule has 1 aromatic heterocycles. The van der Waals surface area contributed by atoms with Crippen LogP contribution in [0.25, 0.3) is 0 Å². The number of hydrogen-bond donors (Lipinski definition) is 2. The molecule has 0 bridgehead atoms. The van der Waals surface area contributed by atoms with Gasteiger partial charge in [0.05, 0.1) is 25.3 Å². The maximum atomic E-state index is 13.8. The van der Waals surface area contributed by atoms with Crippen LogP contribution in [0.1, 0.15) is 24.1 Å². The average Bonchev–Trinajstić information content (AvgIpc) is 2.69. The van der Waals surface area contributed by atoms with Crippen molar-refractivity contribution in [2.24, 2.45) is 4.99 Å². The Morgan fingerprint density at radius 2 is 1.97 bits per heavy atom. The number of nitrogens with zero attached hydrogens (tertiary/aromatic N) is 2. The van der Waals surface area contributed by atoms with Gasteiger partial charge in [0.1, 0.15) is 6.61 Å². The van der Waals surface area contributed by atoms with E-state index in [-0.39, 0.29) is 48.3 Å². The number of methoxy groups -OCH3 is 1. The quantitative estimate of drug-likeness (QED) is 0.181. The molecule has 2 aromatic rings. The van der Waals surface area contributed by atoms with Crippen molar-refractivity contribution in [1.82, 2.24) is 15.6 Å². The van der Waals surface area contributed by atoms with Gasteiger partial charge in [-0.15, -0.1) is 24.0 Å². The van der Waals surface area contributed by atoms with Crippen molar-refractivity contribution < 1.29 is 27.0 Å². The molecule has 2 N–H and O–H groups in total. The van der Waals surface area contributed by atoms with Crippen LogP contribution in [0.5, 0.6) is 11.6 Å². The molecule has 1 heterocycles. The van der Waals surface area contributed by atoms with Crippen molar-refractivity contribution in [2.45, 2.75) is 19.1 Å². The van der Waals surface area contributed by atoms with Crippen molar-refractivity contribution in [3.8, 4) is 11.6 Å². The van der Waals surface area contributed by atoms with Gasteiger partial charge in [0.25, 0.3) is 0 Å². The summed E-state index contributed by atoms with van der Waals surface area (Å²) in [6.45, 7) is 2.33. The van der Waals surface area contributed by atoms with Gasteiger partial charge in [-0.05, 0) is 30.7 Å². The van der Waals surface area contributed by atoms with Gasteiger partial charge in [-0.2, -0.15) is 13.2 Å². The Labute approximate surface area is 189 Å². The SMILES string of the molecule is CN=C(NCCOc1ccc(C(F)(F)F)cn1)NC(C)c1ccc(OC)c(F)c1.I. The summed E-state index contributed by atoms with van der Waals surface area (Å²) in [6.07, 6.45) is -3.71. The van der Waals surface area contributed by atoms with Gasteiger partial charge in [-0.25, -0.2) is 9.37 Å². The molecule has 0 aliphatic carbocycles. The topological polar surface area (TPSA) is 67.8 Å². The summed E-state index contributed by atoms with van der Waals surface area (Å²) in [7, 11) is 2.97. The third-order valence-corrected chi connectivity index (χ3v) is 3.96. The van der Waals surface area contributed by atoms with E-state index in [0.29, 0.717) is 18.1 Å². The Morgan fingerprint density at radius 3 is 2.50 bits per heavy atom. The third-order valence-electron chi connectivity index (χ3n) is 3.96. The number of hydrogen-bond acceptors (Lipinski definition) is 4. The first-order valence-electron chi connectivity index (χ1n) is 8.71. The minimum atomic E-state index is -4.44. The van der Waals surface area contributed by atoms with E-state index in [4.69, 9.17) is 9.47 Å². The van der Waals surface area contributed by atoms with E-state index < -0.39 is 17.6 Å². The van der Waals surface area contributed by atoms with Crippen LogP contribution in [-0.2, 0) is 6.18 Å². The van der Waals surface area contributed by atoms with Gasteiger partial charge in [0, 0.05) is 19.3 Å². The zero-order chi connectivity index (χ0) is 21.4. The predicted molar refractivity (Wildman–Crippen MR) is 116 cm³/mol. The summed E-state index contributed by atoms with van der Waals surface area (Å²) >= 11 is 0. The molecule has 11 heteroatoms. The Kier molecular flexibility index (Phi) is 10.1. The van der Waals surface area contributed by atoms with Crippen LogP contribution in [0.2, 0.25) is 0 Å². The number of rotatable bonds is 7. The van der Waals surface area contributed by atoms with Crippen LogP contribution in [0.3, 0.4) is 0 Å². The van der Waals surface area contributed by atoms with Gasteiger partial charge >= 0.3 is 6.18 Å². The number of pyridine rings is 1. The van der Waals surface area contributed by atoms with Gasteiger partial charge in [-0.1, -0.05) is 6.07 Å².